The molecule has 1 aromatic heterocycles. The first-order chi connectivity index (χ1) is 11.2. The molecular formula is C20H21NO2. The Labute approximate surface area is 136 Å². The fraction of sp³-hybridized carbons (Fsp3) is 0.250. The average Bonchev–Trinajstić information content (AvgIpc) is 2.96. The van der Waals surface area contributed by atoms with Crippen LogP contribution in [0, 0.1) is 6.92 Å². The van der Waals surface area contributed by atoms with E-state index in [0.717, 1.165) is 28.5 Å². The predicted molar refractivity (Wildman–Crippen MR) is 92.3 cm³/mol. The summed E-state index contributed by atoms with van der Waals surface area (Å²) >= 11 is 0. The molecule has 0 aliphatic rings. The van der Waals surface area contributed by atoms with E-state index in [-0.39, 0.29) is 5.91 Å². The van der Waals surface area contributed by atoms with Crippen LogP contribution < -0.4 is 5.32 Å². The van der Waals surface area contributed by atoms with Gasteiger partial charge in [-0.2, -0.15) is 0 Å². The van der Waals surface area contributed by atoms with Gasteiger partial charge in [0.1, 0.15) is 5.58 Å². The molecule has 1 heterocycles. The molecule has 3 aromatic rings. The van der Waals surface area contributed by atoms with Crippen molar-refractivity contribution in [2.45, 2.75) is 33.2 Å². The summed E-state index contributed by atoms with van der Waals surface area (Å²) in [7, 11) is 0. The summed E-state index contributed by atoms with van der Waals surface area (Å²) in [5.74, 6) is 0.00726. The summed E-state index contributed by atoms with van der Waals surface area (Å²) < 4.78 is 5.59. The number of fused-ring (bicyclic) bond motifs is 1. The topological polar surface area (TPSA) is 42.2 Å². The number of hydrogen-bond donors (Lipinski definition) is 1. The summed E-state index contributed by atoms with van der Waals surface area (Å²) in [6, 6.07) is 14.4. The van der Waals surface area contributed by atoms with Gasteiger partial charge in [0.15, 0.2) is 0 Å². The molecule has 0 fully saturated rings. The van der Waals surface area contributed by atoms with E-state index < -0.39 is 0 Å². The van der Waals surface area contributed by atoms with Crippen molar-refractivity contribution in [2.75, 3.05) is 0 Å². The van der Waals surface area contributed by atoms with Crippen LogP contribution in [0.4, 0.5) is 0 Å². The van der Waals surface area contributed by atoms with Gasteiger partial charge in [0.05, 0.1) is 12.7 Å². The molecule has 1 N–H and O–H groups in total. The van der Waals surface area contributed by atoms with Crippen molar-refractivity contribution < 1.29 is 9.21 Å². The first kappa shape index (κ1) is 15.3. The molecule has 23 heavy (non-hydrogen) atoms. The maximum atomic E-state index is 12.2. The molecule has 3 nitrogen and oxygen atoms in total. The van der Waals surface area contributed by atoms with Gasteiger partial charge >= 0.3 is 0 Å². The fourth-order valence-corrected chi connectivity index (χ4v) is 2.63. The van der Waals surface area contributed by atoms with Crippen LogP contribution in [0.1, 0.15) is 29.2 Å². The van der Waals surface area contributed by atoms with Gasteiger partial charge in [-0.15, -0.1) is 0 Å². The third kappa shape index (κ3) is 3.62. The minimum atomic E-state index is 0.00726. The van der Waals surface area contributed by atoms with E-state index in [1.54, 1.807) is 6.26 Å². The first-order valence-corrected chi connectivity index (χ1v) is 7.97. The number of furan rings is 1. The van der Waals surface area contributed by atoms with Gasteiger partial charge < -0.3 is 9.73 Å². The summed E-state index contributed by atoms with van der Waals surface area (Å²) in [5.41, 5.74) is 5.35. The van der Waals surface area contributed by atoms with Crippen molar-refractivity contribution in [3.63, 3.8) is 0 Å². The maximum Gasteiger partial charge on any atom is 0.224 e. The van der Waals surface area contributed by atoms with Gasteiger partial charge in [-0.05, 0) is 30.5 Å². The Morgan fingerprint density at radius 1 is 1.09 bits per heavy atom. The Morgan fingerprint density at radius 2 is 1.83 bits per heavy atom. The molecule has 118 valence electrons. The number of rotatable bonds is 5. The molecule has 0 unspecified atom stereocenters. The van der Waals surface area contributed by atoms with E-state index in [0.29, 0.717) is 13.0 Å². The first-order valence-electron chi connectivity index (χ1n) is 7.97. The number of benzene rings is 2. The van der Waals surface area contributed by atoms with Crippen LogP contribution in [0.25, 0.3) is 11.0 Å². The second-order valence-corrected chi connectivity index (χ2v) is 5.88. The molecule has 0 saturated heterocycles. The molecule has 0 radical (unpaired) electrons. The molecule has 0 spiro atoms. The van der Waals surface area contributed by atoms with Gasteiger partial charge in [-0.3, -0.25) is 4.79 Å². The lowest BCUT2D eigenvalue weighted by atomic mass is 10.1. The zero-order chi connectivity index (χ0) is 16.2. The number of aryl methyl sites for hydroxylation is 2. The third-order valence-corrected chi connectivity index (χ3v) is 4.09. The highest BCUT2D eigenvalue weighted by Gasteiger charge is 2.10. The normalized spacial score (nSPS) is 10.9. The van der Waals surface area contributed by atoms with Crippen LogP contribution in [0.15, 0.2) is 53.1 Å². The predicted octanol–water partition coefficient (Wildman–Crippen LogP) is 4.16. The summed E-state index contributed by atoms with van der Waals surface area (Å²) in [4.78, 5) is 12.2. The summed E-state index contributed by atoms with van der Waals surface area (Å²) in [5, 5.41) is 3.98. The van der Waals surface area contributed by atoms with Gasteiger partial charge in [-0.1, -0.05) is 48.9 Å². The third-order valence-electron chi connectivity index (χ3n) is 4.09. The van der Waals surface area contributed by atoms with E-state index in [9.17, 15) is 4.79 Å². The lowest BCUT2D eigenvalue weighted by Gasteiger charge is -2.05. The zero-order valence-electron chi connectivity index (χ0n) is 13.6. The molecule has 0 aliphatic heterocycles. The van der Waals surface area contributed by atoms with Crippen LogP contribution in [0.3, 0.4) is 0 Å². The molecule has 1 amide bonds. The fourth-order valence-electron chi connectivity index (χ4n) is 2.63. The maximum absolute atomic E-state index is 12.2. The number of nitrogens with one attached hydrogen (secondary N) is 1. The Balaban J connectivity index is 1.64. The summed E-state index contributed by atoms with van der Waals surface area (Å²) in [6.45, 7) is 4.72. The Hall–Kier alpha value is -2.55. The quantitative estimate of drug-likeness (QED) is 0.769. The SMILES string of the molecule is CCc1ccc2c(CC(=O)NCc3ccc(C)cc3)coc2c1. The molecule has 0 aliphatic carbocycles. The second-order valence-electron chi connectivity index (χ2n) is 5.88. The van der Waals surface area contributed by atoms with Crippen molar-refractivity contribution in [2.24, 2.45) is 0 Å². The van der Waals surface area contributed by atoms with Crippen molar-refractivity contribution in [1.29, 1.82) is 0 Å². The van der Waals surface area contributed by atoms with E-state index in [1.807, 2.05) is 24.3 Å². The summed E-state index contributed by atoms with van der Waals surface area (Å²) in [6.07, 6.45) is 3.00. The Kier molecular flexibility index (Phi) is 4.47. The van der Waals surface area contributed by atoms with Gasteiger partial charge in [0.25, 0.3) is 0 Å². The lowest BCUT2D eigenvalue weighted by Crippen LogP contribution is -2.24. The molecule has 3 rings (SSSR count). The standard InChI is InChI=1S/C20H21NO2/c1-3-15-8-9-18-17(13-23-19(18)10-15)11-20(22)21-12-16-6-4-14(2)5-7-16/h4-10,13H,3,11-12H2,1-2H3,(H,21,22). The Morgan fingerprint density at radius 3 is 2.57 bits per heavy atom. The van der Waals surface area contributed by atoms with Crippen LogP contribution >= 0.6 is 0 Å². The number of carbonyl (C=O) groups is 1. The van der Waals surface area contributed by atoms with Crippen LogP contribution in [-0.4, -0.2) is 5.91 Å². The van der Waals surface area contributed by atoms with Crippen molar-refractivity contribution in [1.82, 2.24) is 5.32 Å². The van der Waals surface area contributed by atoms with Crippen LogP contribution in [-0.2, 0) is 24.2 Å². The minimum absolute atomic E-state index is 0.00726. The average molecular weight is 307 g/mol. The minimum Gasteiger partial charge on any atom is -0.464 e. The van der Waals surface area contributed by atoms with Gasteiger partial charge in [0.2, 0.25) is 5.91 Å². The van der Waals surface area contributed by atoms with Gasteiger partial charge in [0, 0.05) is 17.5 Å². The van der Waals surface area contributed by atoms with Crippen molar-refractivity contribution in [3.05, 3.63) is 71.0 Å². The molecule has 0 saturated carbocycles. The van der Waals surface area contributed by atoms with E-state index in [1.165, 1.54) is 11.1 Å². The van der Waals surface area contributed by atoms with E-state index in [2.05, 4.69) is 37.4 Å². The monoisotopic (exact) mass is 307 g/mol. The van der Waals surface area contributed by atoms with E-state index >= 15 is 0 Å². The highest BCUT2D eigenvalue weighted by atomic mass is 16.3. The molecular weight excluding hydrogens is 286 g/mol. The second kappa shape index (κ2) is 6.69. The van der Waals surface area contributed by atoms with Crippen molar-refractivity contribution in [3.8, 4) is 0 Å². The smallest absolute Gasteiger partial charge is 0.224 e. The highest BCUT2D eigenvalue weighted by Crippen LogP contribution is 2.23. The van der Waals surface area contributed by atoms with Crippen LogP contribution in [0.2, 0.25) is 0 Å². The number of hydrogen-bond acceptors (Lipinski definition) is 2. The molecule has 3 heteroatoms. The Bertz CT molecular complexity index is 815. The highest BCUT2D eigenvalue weighted by molar-refractivity contribution is 5.87. The van der Waals surface area contributed by atoms with Gasteiger partial charge in [-0.25, -0.2) is 0 Å². The number of carbonyl (C=O) groups excluding carboxylic acids is 1. The lowest BCUT2D eigenvalue weighted by molar-refractivity contribution is -0.120. The van der Waals surface area contributed by atoms with Crippen LogP contribution in [0.5, 0.6) is 0 Å². The molecule has 0 bridgehead atoms. The zero-order valence-corrected chi connectivity index (χ0v) is 13.6. The molecule has 0 atom stereocenters. The molecule has 2 aromatic carbocycles. The largest absolute Gasteiger partial charge is 0.464 e. The van der Waals surface area contributed by atoms with E-state index in [4.69, 9.17) is 4.42 Å². The number of amides is 1. The van der Waals surface area contributed by atoms with Crippen molar-refractivity contribution >= 4 is 16.9 Å².